The maximum Gasteiger partial charge on any atom is 0.313 e. The lowest BCUT2D eigenvalue weighted by atomic mass is 9.75. The van der Waals surface area contributed by atoms with Crippen LogP contribution in [0.2, 0.25) is 0 Å². The van der Waals surface area contributed by atoms with Crippen LogP contribution in [0.4, 0.5) is 0 Å². The highest BCUT2D eigenvalue weighted by Crippen LogP contribution is 2.35. The van der Waals surface area contributed by atoms with Crippen LogP contribution in [0.25, 0.3) is 0 Å². The molecule has 0 radical (unpaired) electrons. The van der Waals surface area contributed by atoms with Gasteiger partial charge in [-0.25, -0.2) is 0 Å². The molecule has 0 rings (SSSR count). The first kappa shape index (κ1) is 12.2. The predicted octanol–water partition coefficient (Wildman–Crippen LogP) is 3.09. The average molecular weight is 184 g/mol. The summed E-state index contributed by atoms with van der Waals surface area (Å²) in [5.41, 5.74) is 0.0665. The molecule has 0 aliphatic heterocycles. The fraction of sp³-hybridized carbons (Fsp3) is 0.727. The van der Waals surface area contributed by atoms with E-state index < -0.39 is 11.4 Å². The smallest absolute Gasteiger partial charge is 0.313 e. The van der Waals surface area contributed by atoms with Crippen LogP contribution >= 0.6 is 0 Å². The number of aliphatic carboxylic acids is 1. The molecule has 0 aromatic carbocycles. The molecule has 1 N–H and O–H groups in total. The number of hydrogen-bond donors (Lipinski definition) is 1. The normalized spacial score (nSPS) is 15.5. The first-order valence-corrected chi connectivity index (χ1v) is 4.76. The third-order valence-corrected chi connectivity index (χ3v) is 2.50. The summed E-state index contributed by atoms with van der Waals surface area (Å²) in [5, 5.41) is 9.12. The predicted molar refractivity (Wildman–Crippen MR) is 54.6 cm³/mol. The Morgan fingerprint density at radius 2 is 2.00 bits per heavy atom. The molecule has 0 spiro atoms. The van der Waals surface area contributed by atoms with E-state index in [-0.39, 0.29) is 0 Å². The lowest BCUT2D eigenvalue weighted by Crippen LogP contribution is -2.30. The summed E-state index contributed by atoms with van der Waals surface area (Å²) in [5.74, 6) is -0.377. The summed E-state index contributed by atoms with van der Waals surface area (Å²) in [6.45, 7) is 11.6. The van der Waals surface area contributed by atoms with Crippen LogP contribution in [0.1, 0.15) is 40.5 Å². The molecule has 13 heavy (non-hydrogen) atoms. The van der Waals surface area contributed by atoms with Crippen LogP contribution in [0.5, 0.6) is 0 Å². The number of rotatable bonds is 5. The Labute approximate surface area is 80.7 Å². The van der Waals surface area contributed by atoms with Crippen molar-refractivity contribution in [1.82, 2.24) is 0 Å². The van der Waals surface area contributed by atoms with Gasteiger partial charge >= 0.3 is 5.97 Å². The molecule has 0 aliphatic carbocycles. The number of hydrogen-bond acceptors (Lipinski definition) is 1. The van der Waals surface area contributed by atoms with Crippen LogP contribution in [0, 0.1) is 11.3 Å². The van der Waals surface area contributed by atoms with Crippen LogP contribution in [0.15, 0.2) is 12.2 Å². The zero-order chi connectivity index (χ0) is 10.6. The van der Waals surface area contributed by atoms with E-state index in [0.717, 1.165) is 12.0 Å². The minimum Gasteiger partial charge on any atom is -0.481 e. The van der Waals surface area contributed by atoms with E-state index in [2.05, 4.69) is 6.58 Å². The molecule has 2 nitrogen and oxygen atoms in total. The monoisotopic (exact) mass is 184 g/mol. The van der Waals surface area contributed by atoms with Gasteiger partial charge in [0, 0.05) is 0 Å². The fourth-order valence-corrected chi connectivity index (χ4v) is 1.59. The van der Waals surface area contributed by atoms with Crippen molar-refractivity contribution in [3.63, 3.8) is 0 Å². The Morgan fingerprint density at radius 3 is 2.23 bits per heavy atom. The third kappa shape index (κ3) is 2.87. The molecule has 0 saturated carbocycles. The van der Waals surface area contributed by atoms with Gasteiger partial charge in [0.2, 0.25) is 0 Å². The highest BCUT2D eigenvalue weighted by atomic mass is 16.4. The quantitative estimate of drug-likeness (QED) is 0.667. The summed E-state index contributed by atoms with van der Waals surface area (Å²) in [4.78, 5) is 11.1. The molecule has 0 heterocycles. The lowest BCUT2D eigenvalue weighted by Gasteiger charge is -2.28. The van der Waals surface area contributed by atoms with E-state index in [1.165, 1.54) is 0 Å². The first-order chi connectivity index (χ1) is 5.84. The Balaban J connectivity index is 4.73. The van der Waals surface area contributed by atoms with Gasteiger partial charge in [-0.3, -0.25) is 4.79 Å². The molecule has 2 heteroatoms. The van der Waals surface area contributed by atoms with Gasteiger partial charge in [-0.15, -0.1) is 0 Å². The first-order valence-electron chi connectivity index (χ1n) is 4.76. The second kappa shape index (κ2) is 4.45. The second-order valence-corrected chi connectivity index (χ2v) is 4.19. The van der Waals surface area contributed by atoms with Crippen molar-refractivity contribution >= 4 is 5.97 Å². The molecule has 0 bridgehead atoms. The van der Waals surface area contributed by atoms with Crippen molar-refractivity contribution < 1.29 is 9.90 Å². The van der Waals surface area contributed by atoms with E-state index in [1.807, 2.05) is 20.8 Å². The number of carboxylic acid groups (broad SMARTS) is 1. The maximum atomic E-state index is 11.1. The van der Waals surface area contributed by atoms with E-state index in [0.29, 0.717) is 12.3 Å². The van der Waals surface area contributed by atoms with Gasteiger partial charge in [0.05, 0.1) is 5.41 Å². The summed E-state index contributed by atoms with van der Waals surface area (Å²) in [6, 6.07) is 0. The molecular weight excluding hydrogens is 164 g/mol. The minimum atomic E-state index is -0.756. The largest absolute Gasteiger partial charge is 0.481 e. The molecule has 0 amide bonds. The van der Waals surface area contributed by atoms with Crippen molar-refractivity contribution in [3.8, 4) is 0 Å². The van der Waals surface area contributed by atoms with Crippen LogP contribution in [-0.4, -0.2) is 11.1 Å². The molecule has 0 aliphatic rings. The zero-order valence-electron chi connectivity index (χ0n) is 9.05. The van der Waals surface area contributed by atoms with E-state index in [4.69, 9.17) is 5.11 Å². The Kier molecular flexibility index (Phi) is 4.18. The van der Waals surface area contributed by atoms with Crippen LogP contribution < -0.4 is 0 Å². The Hall–Kier alpha value is -0.790. The molecule has 76 valence electrons. The third-order valence-electron chi connectivity index (χ3n) is 2.50. The van der Waals surface area contributed by atoms with Gasteiger partial charge in [0.1, 0.15) is 0 Å². The summed E-state index contributed by atoms with van der Waals surface area (Å²) < 4.78 is 0. The summed E-state index contributed by atoms with van der Waals surface area (Å²) >= 11 is 0. The van der Waals surface area contributed by atoms with Crippen LogP contribution in [0.3, 0.4) is 0 Å². The Morgan fingerprint density at radius 1 is 1.54 bits per heavy atom. The molecule has 0 aromatic rings. The van der Waals surface area contributed by atoms with Crippen LogP contribution in [-0.2, 0) is 4.79 Å². The molecule has 1 unspecified atom stereocenters. The average Bonchev–Trinajstić information content (AvgIpc) is 2.01. The highest BCUT2D eigenvalue weighted by Gasteiger charge is 2.35. The summed E-state index contributed by atoms with van der Waals surface area (Å²) in [7, 11) is 0. The standard InChI is InChI=1S/C11H20O2/c1-6-9(4)11(5,10(12)13)7-8(2)3/h8H,4,6-7H2,1-3,5H3,(H,12,13). The lowest BCUT2D eigenvalue weighted by molar-refractivity contribution is -0.146. The molecule has 0 fully saturated rings. The summed E-state index contributed by atoms with van der Waals surface area (Å²) in [6.07, 6.45) is 1.39. The van der Waals surface area contributed by atoms with Gasteiger partial charge < -0.3 is 5.11 Å². The molecular formula is C11H20O2. The van der Waals surface area contributed by atoms with E-state index in [1.54, 1.807) is 6.92 Å². The second-order valence-electron chi connectivity index (χ2n) is 4.19. The topological polar surface area (TPSA) is 37.3 Å². The number of carboxylic acids is 1. The molecule has 0 saturated heterocycles. The van der Waals surface area contributed by atoms with E-state index >= 15 is 0 Å². The van der Waals surface area contributed by atoms with E-state index in [9.17, 15) is 4.79 Å². The van der Waals surface area contributed by atoms with Gasteiger partial charge in [-0.2, -0.15) is 0 Å². The SMILES string of the molecule is C=C(CC)C(C)(CC(C)C)C(=O)O. The van der Waals surface area contributed by atoms with Crippen molar-refractivity contribution in [2.24, 2.45) is 11.3 Å². The Bertz CT molecular complexity index is 206. The zero-order valence-corrected chi connectivity index (χ0v) is 9.05. The number of carbonyl (C=O) groups is 1. The minimum absolute atomic E-state index is 0.379. The van der Waals surface area contributed by atoms with Crippen molar-refractivity contribution in [2.45, 2.75) is 40.5 Å². The molecule has 1 atom stereocenters. The van der Waals surface area contributed by atoms with Crippen molar-refractivity contribution in [1.29, 1.82) is 0 Å². The van der Waals surface area contributed by atoms with Gasteiger partial charge in [0.15, 0.2) is 0 Å². The van der Waals surface area contributed by atoms with Crippen molar-refractivity contribution in [2.75, 3.05) is 0 Å². The van der Waals surface area contributed by atoms with Gasteiger partial charge in [-0.1, -0.05) is 32.9 Å². The van der Waals surface area contributed by atoms with Crippen molar-refractivity contribution in [3.05, 3.63) is 12.2 Å². The fourth-order valence-electron chi connectivity index (χ4n) is 1.59. The van der Waals surface area contributed by atoms with Gasteiger partial charge in [-0.05, 0) is 25.7 Å². The maximum absolute atomic E-state index is 11.1. The molecule has 0 aromatic heterocycles. The van der Waals surface area contributed by atoms with Gasteiger partial charge in [0.25, 0.3) is 0 Å². The highest BCUT2D eigenvalue weighted by molar-refractivity contribution is 5.77.